The first-order valence-corrected chi connectivity index (χ1v) is 9.78. The summed E-state index contributed by atoms with van der Waals surface area (Å²) in [6.45, 7) is 6.52. The molecule has 0 bridgehead atoms. The van der Waals surface area contributed by atoms with Crippen molar-refractivity contribution in [3.05, 3.63) is 101 Å². The highest BCUT2D eigenvalue weighted by atomic mass is 16.5. The predicted octanol–water partition coefficient (Wildman–Crippen LogP) is 4.75. The van der Waals surface area contributed by atoms with Crippen LogP contribution in [0.1, 0.15) is 22.3 Å². The Balaban J connectivity index is 1.63. The monoisotopic (exact) mass is 375 g/mol. The van der Waals surface area contributed by atoms with Gasteiger partial charge in [0.2, 0.25) is 0 Å². The van der Waals surface area contributed by atoms with Gasteiger partial charge in [-0.15, -0.1) is 0 Å². The van der Waals surface area contributed by atoms with Crippen LogP contribution in [0.25, 0.3) is 0 Å². The van der Waals surface area contributed by atoms with Crippen LogP contribution in [0.2, 0.25) is 0 Å². The molecule has 28 heavy (non-hydrogen) atoms. The fourth-order valence-corrected chi connectivity index (χ4v) is 3.23. The number of hydrogen-bond acceptors (Lipinski definition) is 3. The molecule has 0 fully saturated rings. The van der Waals surface area contributed by atoms with Crippen molar-refractivity contribution in [2.45, 2.75) is 33.0 Å². The molecule has 0 aliphatic rings. The number of nitrogens with zero attached hydrogens (tertiary/aromatic N) is 1. The quantitative estimate of drug-likeness (QED) is 0.586. The Morgan fingerprint density at radius 2 is 1.39 bits per heavy atom. The number of aryl methyl sites for hydroxylation is 2. The van der Waals surface area contributed by atoms with Crippen LogP contribution in [0.4, 0.5) is 0 Å². The summed E-state index contributed by atoms with van der Waals surface area (Å²) in [6, 6.07) is 26.9. The Morgan fingerprint density at radius 3 is 2.07 bits per heavy atom. The Kier molecular flexibility index (Phi) is 7.24. The topological polar surface area (TPSA) is 32.7 Å². The molecule has 1 atom stereocenters. The second-order valence-corrected chi connectivity index (χ2v) is 7.37. The van der Waals surface area contributed by atoms with E-state index in [0.29, 0.717) is 6.54 Å². The number of aliphatic hydroxyl groups excluding tert-OH is 1. The third-order valence-electron chi connectivity index (χ3n) is 4.77. The van der Waals surface area contributed by atoms with Crippen LogP contribution < -0.4 is 4.74 Å². The van der Waals surface area contributed by atoms with E-state index in [1.54, 1.807) is 0 Å². The van der Waals surface area contributed by atoms with E-state index in [2.05, 4.69) is 60.4 Å². The second kappa shape index (κ2) is 10.1. The van der Waals surface area contributed by atoms with E-state index in [1.807, 2.05) is 37.3 Å². The first-order valence-electron chi connectivity index (χ1n) is 9.78. The van der Waals surface area contributed by atoms with Gasteiger partial charge >= 0.3 is 0 Å². The van der Waals surface area contributed by atoms with Crippen LogP contribution >= 0.6 is 0 Å². The van der Waals surface area contributed by atoms with Crippen LogP contribution in [0.3, 0.4) is 0 Å². The largest absolute Gasteiger partial charge is 0.491 e. The van der Waals surface area contributed by atoms with Gasteiger partial charge in [-0.25, -0.2) is 0 Å². The van der Waals surface area contributed by atoms with Crippen molar-refractivity contribution in [3.8, 4) is 5.75 Å². The number of aliphatic hydroxyl groups is 1. The zero-order valence-corrected chi connectivity index (χ0v) is 16.7. The normalized spacial score (nSPS) is 12.1. The van der Waals surface area contributed by atoms with Crippen LogP contribution in [-0.2, 0) is 13.1 Å². The van der Waals surface area contributed by atoms with Crippen LogP contribution in [-0.4, -0.2) is 29.3 Å². The minimum absolute atomic E-state index is 0.282. The number of hydrogen-bond donors (Lipinski definition) is 1. The Hall–Kier alpha value is -2.62. The molecule has 0 spiro atoms. The molecule has 3 heteroatoms. The molecule has 0 heterocycles. The number of rotatable bonds is 9. The molecule has 0 aromatic heterocycles. The van der Waals surface area contributed by atoms with Gasteiger partial charge in [0.1, 0.15) is 18.5 Å². The van der Waals surface area contributed by atoms with Gasteiger partial charge in [-0.1, -0.05) is 78.4 Å². The lowest BCUT2D eigenvalue weighted by Crippen LogP contribution is -2.35. The fourth-order valence-electron chi connectivity index (χ4n) is 3.23. The molecule has 3 aromatic carbocycles. The molecule has 3 nitrogen and oxygen atoms in total. The molecular weight excluding hydrogens is 346 g/mol. The maximum absolute atomic E-state index is 10.6. The standard InChI is InChI=1S/C25H29NO2/c1-20-12-14-23(15-13-20)17-26(16-22-9-4-3-5-10-22)18-24(27)19-28-25-11-7-6-8-21(25)2/h3-15,24,27H,16-19H2,1-2H3. The lowest BCUT2D eigenvalue weighted by Gasteiger charge is -2.25. The lowest BCUT2D eigenvalue weighted by molar-refractivity contribution is 0.0626. The van der Waals surface area contributed by atoms with Crippen molar-refractivity contribution in [1.29, 1.82) is 0 Å². The van der Waals surface area contributed by atoms with Gasteiger partial charge in [0, 0.05) is 19.6 Å². The third-order valence-corrected chi connectivity index (χ3v) is 4.77. The van der Waals surface area contributed by atoms with Gasteiger partial charge < -0.3 is 9.84 Å². The predicted molar refractivity (Wildman–Crippen MR) is 114 cm³/mol. The summed E-state index contributed by atoms with van der Waals surface area (Å²) in [5.41, 5.74) is 4.82. The molecule has 0 radical (unpaired) electrons. The van der Waals surface area contributed by atoms with Crippen molar-refractivity contribution in [1.82, 2.24) is 4.90 Å². The minimum Gasteiger partial charge on any atom is -0.491 e. The minimum atomic E-state index is -0.561. The van der Waals surface area contributed by atoms with Crippen LogP contribution in [0.5, 0.6) is 5.75 Å². The smallest absolute Gasteiger partial charge is 0.122 e. The second-order valence-electron chi connectivity index (χ2n) is 7.37. The summed E-state index contributed by atoms with van der Waals surface area (Å²) in [4.78, 5) is 2.27. The molecule has 0 aliphatic carbocycles. The molecule has 3 aromatic rings. The van der Waals surface area contributed by atoms with E-state index in [1.165, 1.54) is 16.7 Å². The van der Waals surface area contributed by atoms with Gasteiger partial charge in [-0.05, 0) is 36.6 Å². The molecular formula is C25H29NO2. The highest BCUT2D eigenvalue weighted by molar-refractivity contribution is 5.31. The molecule has 0 amide bonds. The number of benzene rings is 3. The summed E-state index contributed by atoms with van der Waals surface area (Å²) in [5.74, 6) is 0.828. The summed E-state index contributed by atoms with van der Waals surface area (Å²) in [7, 11) is 0. The first-order chi connectivity index (χ1) is 13.6. The third kappa shape index (κ3) is 6.22. The zero-order chi connectivity index (χ0) is 19.8. The number of para-hydroxylation sites is 1. The molecule has 0 saturated heterocycles. The number of ether oxygens (including phenoxy) is 1. The maximum atomic E-state index is 10.6. The van der Waals surface area contributed by atoms with Gasteiger partial charge in [0.05, 0.1) is 0 Å². The lowest BCUT2D eigenvalue weighted by atomic mass is 10.1. The zero-order valence-electron chi connectivity index (χ0n) is 16.7. The van der Waals surface area contributed by atoms with Crippen molar-refractivity contribution < 1.29 is 9.84 Å². The summed E-state index contributed by atoms with van der Waals surface area (Å²) < 4.78 is 5.84. The highest BCUT2D eigenvalue weighted by Crippen LogP contribution is 2.17. The fraction of sp³-hybridized carbons (Fsp3) is 0.280. The molecule has 0 saturated carbocycles. The van der Waals surface area contributed by atoms with Gasteiger partial charge in [0.15, 0.2) is 0 Å². The summed E-state index contributed by atoms with van der Waals surface area (Å²) >= 11 is 0. The van der Waals surface area contributed by atoms with Gasteiger partial charge in [-0.2, -0.15) is 0 Å². The van der Waals surface area contributed by atoms with Gasteiger partial charge in [-0.3, -0.25) is 4.90 Å². The Morgan fingerprint density at radius 1 is 0.786 bits per heavy atom. The van der Waals surface area contributed by atoms with E-state index >= 15 is 0 Å². The first kappa shape index (κ1) is 20.1. The highest BCUT2D eigenvalue weighted by Gasteiger charge is 2.14. The van der Waals surface area contributed by atoms with Crippen molar-refractivity contribution in [2.24, 2.45) is 0 Å². The van der Waals surface area contributed by atoms with Crippen LogP contribution in [0.15, 0.2) is 78.9 Å². The summed E-state index contributed by atoms with van der Waals surface area (Å²) in [6.07, 6.45) is -0.561. The van der Waals surface area contributed by atoms with E-state index in [4.69, 9.17) is 4.74 Å². The average molecular weight is 376 g/mol. The molecule has 0 aliphatic heterocycles. The Labute approximate surface area is 168 Å². The van der Waals surface area contributed by atoms with E-state index < -0.39 is 6.10 Å². The average Bonchev–Trinajstić information content (AvgIpc) is 2.70. The van der Waals surface area contributed by atoms with Crippen molar-refractivity contribution in [2.75, 3.05) is 13.2 Å². The summed E-state index contributed by atoms with van der Waals surface area (Å²) in [5, 5.41) is 10.6. The van der Waals surface area contributed by atoms with E-state index in [-0.39, 0.29) is 6.61 Å². The van der Waals surface area contributed by atoms with Crippen molar-refractivity contribution in [3.63, 3.8) is 0 Å². The van der Waals surface area contributed by atoms with Crippen LogP contribution in [0, 0.1) is 13.8 Å². The van der Waals surface area contributed by atoms with E-state index in [9.17, 15) is 5.11 Å². The maximum Gasteiger partial charge on any atom is 0.122 e. The molecule has 1 unspecified atom stereocenters. The van der Waals surface area contributed by atoms with E-state index in [0.717, 1.165) is 24.4 Å². The molecule has 3 rings (SSSR count). The molecule has 1 N–H and O–H groups in total. The Bertz CT molecular complexity index is 846. The van der Waals surface area contributed by atoms with Gasteiger partial charge in [0.25, 0.3) is 0 Å². The molecule has 146 valence electrons. The van der Waals surface area contributed by atoms with Crippen molar-refractivity contribution >= 4 is 0 Å². The SMILES string of the molecule is Cc1ccc(CN(Cc2ccccc2)CC(O)COc2ccccc2C)cc1.